The molecule has 0 bridgehead atoms. The summed E-state index contributed by atoms with van der Waals surface area (Å²) in [5.74, 6) is -0.325. The van der Waals surface area contributed by atoms with Crippen LogP contribution in [0.4, 0.5) is 0 Å². The summed E-state index contributed by atoms with van der Waals surface area (Å²) in [5, 5.41) is 5.78. The quantitative estimate of drug-likeness (QED) is 0.329. The van der Waals surface area contributed by atoms with Gasteiger partial charge in [0.15, 0.2) is 0 Å². The molecule has 0 fully saturated rings. The molecule has 0 atom stereocenters. The fourth-order valence-corrected chi connectivity index (χ4v) is 3.24. The van der Waals surface area contributed by atoms with Crippen molar-refractivity contribution in [2.24, 2.45) is 0 Å². The van der Waals surface area contributed by atoms with Gasteiger partial charge in [0.05, 0.1) is 27.0 Å². The molecule has 4 aromatic rings. The molecule has 1 heterocycles. The third kappa shape index (κ3) is 4.30. The first-order valence-corrected chi connectivity index (χ1v) is 9.73. The number of aromatic nitrogens is 2. The fourth-order valence-electron chi connectivity index (χ4n) is 2.76. The number of benzene rings is 3. The number of halogens is 3. The summed E-state index contributed by atoms with van der Waals surface area (Å²) >= 11 is 18.1. The molecule has 0 saturated carbocycles. The summed E-state index contributed by atoms with van der Waals surface area (Å²) < 4.78 is 7.17. The topological polar surface area (TPSA) is 44.1 Å². The zero-order valence-electron chi connectivity index (χ0n) is 14.9. The van der Waals surface area contributed by atoms with Gasteiger partial charge in [-0.25, -0.2) is 4.79 Å². The zero-order valence-corrected chi connectivity index (χ0v) is 17.1. The van der Waals surface area contributed by atoms with Crippen LogP contribution in [0.2, 0.25) is 15.1 Å². The standard InChI is InChI=1S/C22H13Cl3N2O2/c23-16-7-4-8-17(12-16)27-21(13-20(26-27)14-5-2-1-3-6-14)29-22(28)15-9-10-18(24)19(25)11-15/h1-13H. The molecule has 0 aliphatic carbocycles. The van der Waals surface area contributed by atoms with Gasteiger partial charge in [0.2, 0.25) is 5.88 Å². The van der Waals surface area contributed by atoms with Crippen LogP contribution in [0.5, 0.6) is 5.88 Å². The summed E-state index contributed by atoms with van der Waals surface area (Å²) in [6.07, 6.45) is 0. The minimum Gasteiger partial charge on any atom is -0.404 e. The van der Waals surface area contributed by atoms with Crippen LogP contribution in [0.3, 0.4) is 0 Å². The Hall–Kier alpha value is -2.79. The average Bonchev–Trinajstić information content (AvgIpc) is 3.14. The van der Waals surface area contributed by atoms with Crippen LogP contribution < -0.4 is 4.74 Å². The normalized spacial score (nSPS) is 10.7. The summed E-state index contributed by atoms with van der Waals surface area (Å²) in [7, 11) is 0. The Morgan fingerprint density at radius 2 is 1.62 bits per heavy atom. The van der Waals surface area contributed by atoms with Crippen LogP contribution >= 0.6 is 34.8 Å². The lowest BCUT2D eigenvalue weighted by molar-refractivity contribution is 0.0723. The second-order valence-corrected chi connectivity index (χ2v) is 7.39. The van der Waals surface area contributed by atoms with Gasteiger partial charge in [-0.05, 0) is 36.4 Å². The first kappa shape index (κ1) is 19.5. The van der Waals surface area contributed by atoms with Gasteiger partial charge < -0.3 is 4.74 Å². The van der Waals surface area contributed by atoms with Gasteiger partial charge in [0, 0.05) is 16.7 Å². The molecule has 4 rings (SSSR count). The van der Waals surface area contributed by atoms with E-state index in [-0.39, 0.29) is 16.5 Å². The molecule has 0 amide bonds. The highest BCUT2D eigenvalue weighted by atomic mass is 35.5. The average molecular weight is 444 g/mol. The number of rotatable bonds is 4. The first-order chi connectivity index (χ1) is 14.0. The van der Waals surface area contributed by atoms with Crippen molar-refractivity contribution in [3.8, 4) is 22.8 Å². The van der Waals surface area contributed by atoms with Gasteiger partial charge in [-0.3, -0.25) is 0 Å². The van der Waals surface area contributed by atoms with E-state index >= 15 is 0 Å². The van der Waals surface area contributed by atoms with E-state index in [9.17, 15) is 4.79 Å². The van der Waals surface area contributed by atoms with E-state index in [4.69, 9.17) is 39.5 Å². The maximum absolute atomic E-state index is 12.7. The van der Waals surface area contributed by atoms with E-state index < -0.39 is 5.97 Å². The lowest BCUT2D eigenvalue weighted by Gasteiger charge is -2.08. The van der Waals surface area contributed by atoms with E-state index in [1.807, 2.05) is 36.4 Å². The largest absolute Gasteiger partial charge is 0.404 e. The Kier molecular flexibility index (Phi) is 5.58. The van der Waals surface area contributed by atoms with Crippen LogP contribution in [0.1, 0.15) is 10.4 Å². The van der Waals surface area contributed by atoms with E-state index in [2.05, 4.69) is 5.10 Å². The predicted molar refractivity (Wildman–Crippen MR) is 115 cm³/mol. The molecule has 0 unspecified atom stereocenters. The third-order valence-electron chi connectivity index (χ3n) is 4.15. The van der Waals surface area contributed by atoms with Crippen LogP contribution in [0.25, 0.3) is 16.9 Å². The van der Waals surface area contributed by atoms with Crippen molar-refractivity contribution in [2.45, 2.75) is 0 Å². The minimum absolute atomic E-state index is 0.252. The summed E-state index contributed by atoms with van der Waals surface area (Å²) in [4.78, 5) is 12.7. The highest BCUT2D eigenvalue weighted by Gasteiger charge is 2.18. The SMILES string of the molecule is O=C(Oc1cc(-c2ccccc2)nn1-c1cccc(Cl)c1)c1ccc(Cl)c(Cl)c1. The molecule has 29 heavy (non-hydrogen) atoms. The van der Waals surface area contributed by atoms with Gasteiger partial charge in [-0.15, -0.1) is 0 Å². The van der Waals surface area contributed by atoms with Gasteiger partial charge in [-0.2, -0.15) is 9.78 Å². The molecule has 0 spiro atoms. The van der Waals surface area contributed by atoms with Crippen molar-refractivity contribution >= 4 is 40.8 Å². The van der Waals surface area contributed by atoms with Crippen LogP contribution in [-0.4, -0.2) is 15.7 Å². The Morgan fingerprint density at radius 1 is 0.828 bits per heavy atom. The minimum atomic E-state index is -0.577. The second-order valence-electron chi connectivity index (χ2n) is 6.14. The van der Waals surface area contributed by atoms with Crippen LogP contribution in [0.15, 0.2) is 78.9 Å². The van der Waals surface area contributed by atoms with Crippen molar-refractivity contribution in [2.75, 3.05) is 0 Å². The fraction of sp³-hybridized carbons (Fsp3) is 0. The first-order valence-electron chi connectivity index (χ1n) is 8.60. The number of carbonyl (C=O) groups excluding carboxylic acids is 1. The van der Waals surface area contributed by atoms with Gasteiger partial charge in [-0.1, -0.05) is 71.2 Å². The van der Waals surface area contributed by atoms with E-state index in [1.165, 1.54) is 10.7 Å². The van der Waals surface area contributed by atoms with E-state index in [0.717, 1.165) is 5.56 Å². The Balaban J connectivity index is 1.75. The van der Waals surface area contributed by atoms with Crippen molar-refractivity contribution in [3.63, 3.8) is 0 Å². The monoisotopic (exact) mass is 442 g/mol. The molecular weight excluding hydrogens is 431 g/mol. The lowest BCUT2D eigenvalue weighted by atomic mass is 10.2. The predicted octanol–water partition coefficient (Wildman–Crippen LogP) is 6.72. The number of hydrogen-bond acceptors (Lipinski definition) is 3. The van der Waals surface area contributed by atoms with Crippen LogP contribution in [0, 0.1) is 0 Å². The Labute approximate surface area is 182 Å². The summed E-state index contributed by atoms with van der Waals surface area (Å²) in [6, 6.07) is 23.0. The van der Waals surface area contributed by atoms with E-state index in [0.29, 0.717) is 21.4 Å². The molecule has 0 saturated heterocycles. The number of ether oxygens (including phenoxy) is 1. The van der Waals surface area contributed by atoms with Crippen molar-refractivity contribution < 1.29 is 9.53 Å². The Morgan fingerprint density at radius 3 is 2.34 bits per heavy atom. The molecule has 0 N–H and O–H groups in total. The number of hydrogen-bond donors (Lipinski definition) is 0. The molecule has 3 aromatic carbocycles. The second kappa shape index (κ2) is 8.29. The molecule has 0 aliphatic heterocycles. The highest BCUT2D eigenvalue weighted by Crippen LogP contribution is 2.29. The maximum Gasteiger partial charge on any atom is 0.344 e. The number of esters is 1. The number of carbonyl (C=O) groups is 1. The third-order valence-corrected chi connectivity index (χ3v) is 5.13. The van der Waals surface area contributed by atoms with Gasteiger partial charge in [0.25, 0.3) is 0 Å². The number of nitrogens with zero attached hydrogens (tertiary/aromatic N) is 2. The van der Waals surface area contributed by atoms with Crippen LogP contribution in [-0.2, 0) is 0 Å². The smallest absolute Gasteiger partial charge is 0.344 e. The maximum atomic E-state index is 12.7. The van der Waals surface area contributed by atoms with Gasteiger partial charge in [0.1, 0.15) is 0 Å². The zero-order chi connectivity index (χ0) is 20.4. The summed E-state index contributed by atoms with van der Waals surface area (Å²) in [6.45, 7) is 0. The van der Waals surface area contributed by atoms with Crippen molar-refractivity contribution in [1.82, 2.24) is 9.78 Å². The van der Waals surface area contributed by atoms with Crippen molar-refractivity contribution in [1.29, 1.82) is 0 Å². The molecule has 7 heteroatoms. The highest BCUT2D eigenvalue weighted by molar-refractivity contribution is 6.42. The van der Waals surface area contributed by atoms with E-state index in [1.54, 1.807) is 36.4 Å². The molecular formula is C22H13Cl3N2O2. The molecule has 0 aliphatic rings. The van der Waals surface area contributed by atoms with Gasteiger partial charge >= 0.3 is 5.97 Å². The lowest BCUT2D eigenvalue weighted by Crippen LogP contribution is -2.11. The molecule has 1 aromatic heterocycles. The Bertz CT molecular complexity index is 1190. The van der Waals surface area contributed by atoms with Crippen molar-refractivity contribution in [3.05, 3.63) is 99.5 Å². The molecule has 0 radical (unpaired) electrons. The summed E-state index contributed by atoms with van der Waals surface area (Å²) in [5.41, 5.74) is 2.48. The molecule has 144 valence electrons. The molecule has 4 nitrogen and oxygen atoms in total.